The maximum atomic E-state index is 11.9. The predicted octanol–water partition coefficient (Wildman–Crippen LogP) is 2.99. The van der Waals surface area contributed by atoms with Gasteiger partial charge in [0.15, 0.2) is 0 Å². The van der Waals surface area contributed by atoms with Crippen LogP contribution in [0.25, 0.3) is 0 Å². The molecular weight excluding hydrogens is 294 g/mol. The van der Waals surface area contributed by atoms with Crippen LogP contribution in [0.3, 0.4) is 0 Å². The van der Waals surface area contributed by atoms with Crippen LogP contribution in [-0.2, 0) is 0 Å². The Hall–Kier alpha value is -1.03. The number of phenols is 1. The average Bonchev–Trinajstić information content (AvgIpc) is 2.75. The van der Waals surface area contributed by atoms with Gasteiger partial charge in [-0.1, -0.05) is 22.0 Å². The van der Waals surface area contributed by atoms with E-state index in [9.17, 15) is 9.90 Å². The number of alkyl halides is 1. The van der Waals surface area contributed by atoms with Crippen LogP contribution in [0.1, 0.15) is 35.2 Å². The minimum atomic E-state index is -0.108. The first-order valence-corrected chi connectivity index (χ1v) is 7.19. The Bertz CT molecular complexity index is 447. The summed E-state index contributed by atoms with van der Waals surface area (Å²) in [5.41, 5.74) is 1.30. The standard InChI is InChI=1S/C14H18BrNO2/c1-9-2-4-11(7-13(9)17)14(18)16-8-10-3-5-12(15)6-10/h2,4,7,10,12,17H,3,5-6,8H2,1H3,(H,16,18). The number of halogens is 1. The summed E-state index contributed by atoms with van der Waals surface area (Å²) < 4.78 is 0. The number of carbonyl (C=O) groups excluding carboxylic acids is 1. The van der Waals surface area contributed by atoms with Gasteiger partial charge in [-0.2, -0.15) is 0 Å². The van der Waals surface area contributed by atoms with Gasteiger partial charge in [0.25, 0.3) is 5.91 Å². The number of benzene rings is 1. The van der Waals surface area contributed by atoms with E-state index in [2.05, 4.69) is 21.2 Å². The first-order chi connectivity index (χ1) is 8.56. The van der Waals surface area contributed by atoms with Gasteiger partial charge in [-0.3, -0.25) is 4.79 Å². The lowest BCUT2D eigenvalue weighted by atomic mass is 10.1. The molecule has 0 radical (unpaired) electrons. The third-order valence-electron chi connectivity index (χ3n) is 3.50. The molecule has 1 aromatic rings. The van der Waals surface area contributed by atoms with Crippen LogP contribution >= 0.6 is 15.9 Å². The number of hydrogen-bond acceptors (Lipinski definition) is 2. The smallest absolute Gasteiger partial charge is 0.251 e. The predicted molar refractivity (Wildman–Crippen MR) is 75.2 cm³/mol. The number of nitrogens with one attached hydrogen (secondary N) is 1. The quantitative estimate of drug-likeness (QED) is 0.843. The molecule has 1 fully saturated rings. The van der Waals surface area contributed by atoms with Crippen molar-refractivity contribution in [3.8, 4) is 5.75 Å². The number of rotatable bonds is 3. The minimum absolute atomic E-state index is 0.108. The zero-order chi connectivity index (χ0) is 13.1. The molecule has 0 spiro atoms. The third kappa shape index (κ3) is 3.25. The van der Waals surface area contributed by atoms with Crippen LogP contribution in [0.15, 0.2) is 18.2 Å². The summed E-state index contributed by atoms with van der Waals surface area (Å²) in [7, 11) is 0. The van der Waals surface area contributed by atoms with Crippen LogP contribution < -0.4 is 5.32 Å². The second-order valence-corrected chi connectivity index (χ2v) is 6.28. The molecule has 3 nitrogen and oxygen atoms in total. The molecule has 2 N–H and O–H groups in total. The van der Waals surface area contributed by atoms with Gasteiger partial charge in [0.2, 0.25) is 0 Å². The van der Waals surface area contributed by atoms with E-state index >= 15 is 0 Å². The van der Waals surface area contributed by atoms with Gasteiger partial charge in [-0.25, -0.2) is 0 Å². The molecule has 98 valence electrons. The minimum Gasteiger partial charge on any atom is -0.508 e. The van der Waals surface area contributed by atoms with Crippen molar-refractivity contribution in [1.29, 1.82) is 0 Å². The molecule has 1 aliphatic carbocycles. The Morgan fingerprint density at radius 2 is 2.28 bits per heavy atom. The molecule has 0 aliphatic heterocycles. The lowest BCUT2D eigenvalue weighted by Gasteiger charge is -2.11. The summed E-state index contributed by atoms with van der Waals surface area (Å²) in [5.74, 6) is 0.629. The SMILES string of the molecule is Cc1ccc(C(=O)NCC2CCC(Br)C2)cc1O. The number of amides is 1. The van der Waals surface area contributed by atoms with Crippen molar-refractivity contribution in [2.24, 2.45) is 5.92 Å². The summed E-state index contributed by atoms with van der Waals surface area (Å²) in [4.78, 5) is 12.5. The molecule has 2 unspecified atom stereocenters. The van der Waals surface area contributed by atoms with E-state index in [1.165, 1.54) is 12.5 Å². The summed E-state index contributed by atoms with van der Waals surface area (Å²) in [6.07, 6.45) is 3.47. The van der Waals surface area contributed by atoms with E-state index in [1.54, 1.807) is 12.1 Å². The molecule has 2 rings (SSSR count). The maximum absolute atomic E-state index is 11.9. The Kier molecular flexibility index (Phi) is 4.27. The number of carbonyl (C=O) groups is 1. The fourth-order valence-corrected chi connectivity index (χ4v) is 3.08. The van der Waals surface area contributed by atoms with Gasteiger partial charge < -0.3 is 10.4 Å². The topological polar surface area (TPSA) is 49.3 Å². The highest BCUT2D eigenvalue weighted by molar-refractivity contribution is 9.09. The molecule has 0 heterocycles. The molecule has 0 saturated heterocycles. The van der Waals surface area contributed by atoms with Crippen molar-refractivity contribution in [2.75, 3.05) is 6.54 Å². The third-order valence-corrected chi connectivity index (χ3v) is 4.33. The molecule has 1 aromatic carbocycles. The molecule has 1 aliphatic rings. The Morgan fingerprint density at radius 1 is 1.50 bits per heavy atom. The van der Waals surface area contributed by atoms with E-state index in [0.29, 0.717) is 16.3 Å². The van der Waals surface area contributed by atoms with E-state index in [1.807, 2.05) is 6.92 Å². The Balaban J connectivity index is 1.89. The molecule has 0 bridgehead atoms. The average molecular weight is 312 g/mol. The summed E-state index contributed by atoms with van der Waals surface area (Å²) in [5, 5.41) is 12.5. The molecule has 18 heavy (non-hydrogen) atoms. The van der Waals surface area contributed by atoms with Crippen molar-refractivity contribution in [1.82, 2.24) is 5.32 Å². The van der Waals surface area contributed by atoms with Crippen molar-refractivity contribution >= 4 is 21.8 Å². The van der Waals surface area contributed by atoms with Gasteiger partial charge >= 0.3 is 0 Å². The van der Waals surface area contributed by atoms with E-state index in [0.717, 1.165) is 24.9 Å². The van der Waals surface area contributed by atoms with Gasteiger partial charge in [0, 0.05) is 16.9 Å². The van der Waals surface area contributed by atoms with Gasteiger partial charge in [-0.05, 0) is 49.8 Å². The molecule has 0 aromatic heterocycles. The first kappa shape index (κ1) is 13.4. The fourth-order valence-electron chi connectivity index (χ4n) is 2.29. The van der Waals surface area contributed by atoms with Crippen LogP contribution in [0, 0.1) is 12.8 Å². The number of hydrogen-bond donors (Lipinski definition) is 2. The zero-order valence-corrected chi connectivity index (χ0v) is 12.0. The molecule has 1 amide bonds. The van der Waals surface area contributed by atoms with Crippen LogP contribution in [0.4, 0.5) is 0 Å². The van der Waals surface area contributed by atoms with Crippen LogP contribution in [0.2, 0.25) is 0 Å². The van der Waals surface area contributed by atoms with Gasteiger partial charge in [0.1, 0.15) is 5.75 Å². The zero-order valence-electron chi connectivity index (χ0n) is 10.4. The summed E-state index contributed by atoms with van der Waals surface area (Å²) in [6.45, 7) is 2.53. The summed E-state index contributed by atoms with van der Waals surface area (Å²) in [6, 6.07) is 5.02. The van der Waals surface area contributed by atoms with Crippen LogP contribution in [0.5, 0.6) is 5.75 Å². The van der Waals surface area contributed by atoms with Gasteiger partial charge in [-0.15, -0.1) is 0 Å². The van der Waals surface area contributed by atoms with Gasteiger partial charge in [0.05, 0.1) is 0 Å². The van der Waals surface area contributed by atoms with E-state index in [4.69, 9.17) is 0 Å². The lowest BCUT2D eigenvalue weighted by molar-refractivity contribution is 0.0947. The molecule has 2 atom stereocenters. The number of aryl methyl sites for hydroxylation is 1. The molecule has 4 heteroatoms. The highest BCUT2D eigenvalue weighted by Crippen LogP contribution is 2.30. The van der Waals surface area contributed by atoms with Crippen LogP contribution in [-0.4, -0.2) is 22.4 Å². The maximum Gasteiger partial charge on any atom is 0.251 e. The Labute approximate surface area is 116 Å². The largest absolute Gasteiger partial charge is 0.508 e. The Morgan fingerprint density at radius 3 is 2.89 bits per heavy atom. The van der Waals surface area contributed by atoms with E-state index in [-0.39, 0.29) is 11.7 Å². The normalized spacial score (nSPS) is 23.0. The first-order valence-electron chi connectivity index (χ1n) is 6.28. The molecule has 1 saturated carbocycles. The number of aromatic hydroxyl groups is 1. The highest BCUT2D eigenvalue weighted by atomic mass is 79.9. The molecular formula is C14H18BrNO2. The van der Waals surface area contributed by atoms with Crippen molar-refractivity contribution in [3.05, 3.63) is 29.3 Å². The van der Waals surface area contributed by atoms with E-state index < -0.39 is 0 Å². The monoisotopic (exact) mass is 311 g/mol. The summed E-state index contributed by atoms with van der Waals surface area (Å²) >= 11 is 3.60. The van der Waals surface area contributed by atoms with Crippen molar-refractivity contribution in [2.45, 2.75) is 31.0 Å². The second kappa shape index (κ2) is 5.74. The lowest BCUT2D eigenvalue weighted by Crippen LogP contribution is -2.28. The second-order valence-electron chi connectivity index (χ2n) is 4.99. The van der Waals surface area contributed by atoms with Crippen molar-refractivity contribution in [3.63, 3.8) is 0 Å². The number of phenolic OH excluding ortho intramolecular Hbond substituents is 1. The highest BCUT2D eigenvalue weighted by Gasteiger charge is 2.22. The van der Waals surface area contributed by atoms with Crippen molar-refractivity contribution < 1.29 is 9.90 Å². The fraction of sp³-hybridized carbons (Fsp3) is 0.500.